The molecule has 0 saturated heterocycles. The van der Waals surface area contributed by atoms with E-state index < -0.39 is 0 Å². The standard InChI is InChI=1S/C16H24O2/c1-6-12(2)14(17)11-18-15-10-8-7-9-13(15)16(3,4)5/h7-10,12H,6,11H2,1-5H3. The summed E-state index contributed by atoms with van der Waals surface area (Å²) in [6.45, 7) is 10.6. The zero-order valence-electron chi connectivity index (χ0n) is 12.1. The maximum absolute atomic E-state index is 11.8. The molecule has 0 aromatic heterocycles. The summed E-state index contributed by atoms with van der Waals surface area (Å²) in [5, 5.41) is 0. The highest BCUT2D eigenvalue weighted by Crippen LogP contribution is 2.30. The van der Waals surface area contributed by atoms with Gasteiger partial charge < -0.3 is 4.74 Å². The Hall–Kier alpha value is -1.31. The molecule has 1 unspecified atom stereocenters. The molecule has 0 bridgehead atoms. The second-order valence-electron chi connectivity index (χ2n) is 5.81. The van der Waals surface area contributed by atoms with Crippen LogP contribution in [0, 0.1) is 5.92 Å². The number of rotatable bonds is 5. The van der Waals surface area contributed by atoms with Crippen LogP contribution in [0.2, 0.25) is 0 Å². The molecule has 0 fully saturated rings. The molecule has 0 spiro atoms. The number of hydrogen-bond donors (Lipinski definition) is 0. The maximum Gasteiger partial charge on any atom is 0.172 e. The number of benzene rings is 1. The Bertz CT molecular complexity index is 402. The molecule has 100 valence electrons. The van der Waals surface area contributed by atoms with Crippen LogP contribution in [0.1, 0.15) is 46.6 Å². The first-order valence-corrected chi connectivity index (χ1v) is 6.61. The first-order valence-electron chi connectivity index (χ1n) is 6.61. The van der Waals surface area contributed by atoms with Gasteiger partial charge >= 0.3 is 0 Å². The Morgan fingerprint density at radius 2 is 1.89 bits per heavy atom. The van der Waals surface area contributed by atoms with Gasteiger partial charge in [0.15, 0.2) is 5.78 Å². The third kappa shape index (κ3) is 3.86. The third-order valence-electron chi connectivity index (χ3n) is 3.23. The van der Waals surface area contributed by atoms with Gasteiger partial charge in [-0.25, -0.2) is 0 Å². The lowest BCUT2D eigenvalue weighted by Gasteiger charge is -2.22. The van der Waals surface area contributed by atoms with Crippen LogP contribution in [0.25, 0.3) is 0 Å². The minimum atomic E-state index is 0.0238. The summed E-state index contributed by atoms with van der Waals surface area (Å²) in [6, 6.07) is 7.94. The van der Waals surface area contributed by atoms with Gasteiger partial charge in [-0.2, -0.15) is 0 Å². The average molecular weight is 248 g/mol. The predicted molar refractivity (Wildman–Crippen MR) is 75.1 cm³/mol. The second kappa shape index (κ2) is 6.03. The first-order chi connectivity index (χ1) is 8.36. The molecule has 1 aromatic rings. The number of para-hydroxylation sites is 1. The maximum atomic E-state index is 11.8. The molecular weight excluding hydrogens is 224 g/mol. The Morgan fingerprint density at radius 3 is 2.44 bits per heavy atom. The van der Waals surface area contributed by atoms with Crippen molar-refractivity contribution < 1.29 is 9.53 Å². The summed E-state index contributed by atoms with van der Waals surface area (Å²) >= 11 is 0. The number of carbonyl (C=O) groups is 1. The number of ether oxygens (including phenoxy) is 1. The molecule has 2 heteroatoms. The summed E-state index contributed by atoms with van der Waals surface area (Å²) < 4.78 is 5.70. The van der Waals surface area contributed by atoms with Crippen LogP contribution in [-0.4, -0.2) is 12.4 Å². The fraction of sp³-hybridized carbons (Fsp3) is 0.562. The molecule has 0 N–H and O–H groups in total. The summed E-state index contributed by atoms with van der Waals surface area (Å²) in [5.74, 6) is 1.06. The lowest BCUT2D eigenvalue weighted by Crippen LogP contribution is -2.20. The van der Waals surface area contributed by atoms with E-state index in [1.54, 1.807) is 0 Å². The minimum absolute atomic E-state index is 0.0238. The van der Waals surface area contributed by atoms with Gasteiger partial charge in [0.25, 0.3) is 0 Å². The van der Waals surface area contributed by atoms with E-state index in [1.807, 2.05) is 32.0 Å². The van der Waals surface area contributed by atoms with Crippen LogP contribution < -0.4 is 4.74 Å². The molecule has 18 heavy (non-hydrogen) atoms. The van der Waals surface area contributed by atoms with Gasteiger partial charge in [-0.3, -0.25) is 4.79 Å². The van der Waals surface area contributed by atoms with Crippen molar-refractivity contribution in [2.24, 2.45) is 5.92 Å². The Balaban J connectivity index is 2.77. The lowest BCUT2D eigenvalue weighted by molar-refractivity contribution is -0.124. The molecular formula is C16H24O2. The molecule has 1 aromatic carbocycles. The number of ketones is 1. The molecule has 1 atom stereocenters. The number of carbonyl (C=O) groups excluding carboxylic acids is 1. The van der Waals surface area contributed by atoms with E-state index >= 15 is 0 Å². The van der Waals surface area contributed by atoms with Gasteiger partial charge in [0.05, 0.1) is 0 Å². The van der Waals surface area contributed by atoms with Crippen molar-refractivity contribution >= 4 is 5.78 Å². The SMILES string of the molecule is CCC(C)C(=O)COc1ccccc1C(C)(C)C. The zero-order chi connectivity index (χ0) is 13.8. The highest BCUT2D eigenvalue weighted by molar-refractivity contribution is 5.82. The van der Waals surface area contributed by atoms with Crippen LogP contribution >= 0.6 is 0 Å². The monoisotopic (exact) mass is 248 g/mol. The molecule has 0 heterocycles. The van der Waals surface area contributed by atoms with Crippen LogP contribution in [0.5, 0.6) is 5.75 Å². The largest absolute Gasteiger partial charge is 0.486 e. The number of Topliss-reactive ketones (excluding diaryl/α,β-unsaturated/α-hetero) is 1. The van der Waals surface area contributed by atoms with Gasteiger partial charge in [-0.05, 0) is 23.5 Å². The lowest BCUT2D eigenvalue weighted by atomic mass is 9.86. The van der Waals surface area contributed by atoms with Crippen molar-refractivity contribution in [3.63, 3.8) is 0 Å². The van der Waals surface area contributed by atoms with Crippen molar-refractivity contribution in [1.82, 2.24) is 0 Å². The topological polar surface area (TPSA) is 26.3 Å². The molecule has 1 rings (SSSR count). The van der Waals surface area contributed by atoms with Crippen molar-refractivity contribution in [3.05, 3.63) is 29.8 Å². The molecule has 0 aliphatic carbocycles. The van der Waals surface area contributed by atoms with E-state index in [9.17, 15) is 4.79 Å². The van der Waals surface area contributed by atoms with Crippen LogP contribution in [0.4, 0.5) is 0 Å². The second-order valence-corrected chi connectivity index (χ2v) is 5.81. The van der Waals surface area contributed by atoms with Gasteiger partial charge in [-0.1, -0.05) is 52.8 Å². The fourth-order valence-corrected chi connectivity index (χ4v) is 1.73. The third-order valence-corrected chi connectivity index (χ3v) is 3.23. The highest BCUT2D eigenvalue weighted by Gasteiger charge is 2.19. The van der Waals surface area contributed by atoms with Crippen molar-refractivity contribution in [2.45, 2.75) is 46.5 Å². The normalized spacial score (nSPS) is 13.2. The molecule has 0 aliphatic rings. The average Bonchev–Trinajstić information content (AvgIpc) is 2.34. The Labute approximate surface area is 110 Å². The quantitative estimate of drug-likeness (QED) is 0.788. The van der Waals surface area contributed by atoms with E-state index in [-0.39, 0.29) is 23.7 Å². The summed E-state index contributed by atoms with van der Waals surface area (Å²) in [5.41, 5.74) is 1.16. The predicted octanol–water partition coefficient (Wildman–Crippen LogP) is 3.98. The van der Waals surface area contributed by atoms with Gasteiger partial charge in [0, 0.05) is 5.92 Å². The van der Waals surface area contributed by atoms with Gasteiger partial charge in [0.1, 0.15) is 12.4 Å². The molecule has 0 saturated carbocycles. The zero-order valence-corrected chi connectivity index (χ0v) is 12.1. The van der Waals surface area contributed by atoms with Crippen molar-refractivity contribution in [3.8, 4) is 5.75 Å². The summed E-state index contributed by atoms with van der Waals surface area (Å²) in [4.78, 5) is 11.8. The van der Waals surface area contributed by atoms with Crippen LogP contribution in [0.15, 0.2) is 24.3 Å². The molecule has 0 aliphatic heterocycles. The van der Waals surface area contributed by atoms with Gasteiger partial charge in [-0.15, -0.1) is 0 Å². The number of hydrogen-bond acceptors (Lipinski definition) is 2. The Morgan fingerprint density at radius 1 is 1.28 bits per heavy atom. The highest BCUT2D eigenvalue weighted by atomic mass is 16.5. The molecule has 0 amide bonds. The summed E-state index contributed by atoms with van der Waals surface area (Å²) in [7, 11) is 0. The van der Waals surface area contributed by atoms with Crippen molar-refractivity contribution in [1.29, 1.82) is 0 Å². The Kier molecular flexibility index (Phi) is 4.94. The summed E-state index contributed by atoms with van der Waals surface area (Å²) in [6.07, 6.45) is 0.864. The van der Waals surface area contributed by atoms with E-state index in [0.717, 1.165) is 17.7 Å². The van der Waals surface area contributed by atoms with Crippen LogP contribution in [-0.2, 0) is 10.2 Å². The minimum Gasteiger partial charge on any atom is -0.486 e. The van der Waals surface area contributed by atoms with E-state index in [4.69, 9.17) is 4.74 Å². The fourth-order valence-electron chi connectivity index (χ4n) is 1.73. The van der Waals surface area contributed by atoms with Crippen LogP contribution in [0.3, 0.4) is 0 Å². The van der Waals surface area contributed by atoms with E-state index in [1.165, 1.54) is 0 Å². The smallest absolute Gasteiger partial charge is 0.172 e. The van der Waals surface area contributed by atoms with Crippen molar-refractivity contribution in [2.75, 3.05) is 6.61 Å². The molecule has 2 nitrogen and oxygen atoms in total. The van der Waals surface area contributed by atoms with Gasteiger partial charge in [0.2, 0.25) is 0 Å². The van der Waals surface area contributed by atoms with E-state index in [0.29, 0.717) is 0 Å². The van der Waals surface area contributed by atoms with E-state index in [2.05, 4.69) is 26.8 Å². The first kappa shape index (κ1) is 14.7. The molecule has 0 radical (unpaired) electrons.